The number of anilines is 2. The van der Waals surface area contributed by atoms with Gasteiger partial charge in [0.15, 0.2) is 5.75 Å². The van der Waals surface area contributed by atoms with Gasteiger partial charge in [0.1, 0.15) is 18.1 Å². The fourth-order valence-electron chi connectivity index (χ4n) is 2.95. The summed E-state index contributed by atoms with van der Waals surface area (Å²) in [5.41, 5.74) is -0.0518. The van der Waals surface area contributed by atoms with Gasteiger partial charge < -0.3 is 29.9 Å². The Kier molecular flexibility index (Phi) is 7.30. The molecular formula is C24H24N2O6. The Bertz CT molecular complexity index is 1100. The molecule has 3 N–H and O–H groups in total. The number of benzene rings is 3. The number of aromatic carboxylic acids is 2. The lowest BCUT2D eigenvalue weighted by molar-refractivity contribution is 0.0652. The van der Waals surface area contributed by atoms with Gasteiger partial charge in [0.2, 0.25) is 0 Å². The van der Waals surface area contributed by atoms with Crippen LogP contribution >= 0.6 is 0 Å². The number of para-hydroxylation sites is 1. The average molecular weight is 436 g/mol. The van der Waals surface area contributed by atoms with E-state index in [9.17, 15) is 19.8 Å². The highest BCUT2D eigenvalue weighted by Crippen LogP contribution is 2.36. The van der Waals surface area contributed by atoms with Crippen LogP contribution in [0.25, 0.3) is 0 Å². The molecular weight excluding hydrogens is 412 g/mol. The molecule has 0 amide bonds. The van der Waals surface area contributed by atoms with E-state index >= 15 is 0 Å². The molecule has 8 nitrogen and oxygen atoms in total. The van der Waals surface area contributed by atoms with Crippen molar-refractivity contribution in [3.63, 3.8) is 0 Å². The maximum atomic E-state index is 11.8. The highest BCUT2D eigenvalue weighted by atomic mass is 16.5. The van der Waals surface area contributed by atoms with Gasteiger partial charge in [-0.25, -0.2) is 9.59 Å². The number of hydrogen-bond donors (Lipinski definition) is 3. The Labute approximate surface area is 185 Å². The minimum Gasteiger partial charge on any atom is -0.492 e. The van der Waals surface area contributed by atoms with Crippen LogP contribution < -0.4 is 14.8 Å². The third-order valence-corrected chi connectivity index (χ3v) is 4.51. The van der Waals surface area contributed by atoms with E-state index in [2.05, 4.69) is 5.32 Å². The second-order valence-corrected chi connectivity index (χ2v) is 7.19. The van der Waals surface area contributed by atoms with E-state index in [0.717, 1.165) is 6.54 Å². The molecule has 0 saturated carbocycles. The highest BCUT2D eigenvalue weighted by Gasteiger charge is 2.21. The molecule has 0 heterocycles. The van der Waals surface area contributed by atoms with Gasteiger partial charge in [0, 0.05) is 12.6 Å². The summed E-state index contributed by atoms with van der Waals surface area (Å²) in [6.07, 6.45) is 0. The monoisotopic (exact) mass is 436 g/mol. The molecule has 0 fully saturated rings. The highest BCUT2D eigenvalue weighted by molar-refractivity contribution is 6.06. The van der Waals surface area contributed by atoms with Crippen molar-refractivity contribution in [1.82, 2.24) is 4.90 Å². The zero-order valence-corrected chi connectivity index (χ0v) is 17.7. The lowest BCUT2D eigenvalue weighted by atomic mass is 10.0. The van der Waals surface area contributed by atoms with Crippen LogP contribution in [-0.4, -0.2) is 54.3 Å². The van der Waals surface area contributed by atoms with Gasteiger partial charge >= 0.3 is 11.9 Å². The molecule has 0 saturated heterocycles. The molecule has 0 spiro atoms. The van der Waals surface area contributed by atoms with Crippen LogP contribution in [0.5, 0.6) is 17.2 Å². The molecule has 0 atom stereocenters. The molecule has 8 heteroatoms. The molecule has 0 unspecified atom stereocenters. The largest absolute Gasteiger partial charge is 0.492 e. The number of hydrogen-bond acceptors (Lipinski definition) is 6. The van der Waals surface area contributed by atoms with Gasteiger partial charge in [-0.05, 0) is 50.5 Å². The van der Waals surface area contributed by atoms with Crippen molar-refractivity contribution in [1.29, 1.82) is 0 Å². The van der Waals surface area contributed by atoms with Crippen LogP contribution in [0.4, 0.5) is 11.4 Å². The van der Waals surface area contributed by atoms with Crippen molar-refractivity contribution in [3.8, 4) is 17.2 Å². The van der Waals surface area contributed by atoms with Crippen molar-refractivity contribution in [2.24, 2.45) is 0 Å². The second kappa shape index (κ2) is 10.3. The van der Waals surface area contributed by atoms with Gasteiger partial charge in [-0.1, -0.05) is 24.3 Å². The zero-order chi connectivity index (χ0) is 23.1. The number of likely N-dealkylation sites (N-methyl/N-ethyl adjacent to an activating group) is 1. The summed E-state index contributed by atoms with van der Waals surface area (Å²) in [5, 5.41) is 22.0. The van der Waals surface area contributed by atoms with E-state index in [1.54, 1.807) is 30.3 Å². The number of carbonyl (C=O) groups is 2. The Morgan fingerprint density at radius 3 is 2.28 bits per heavy atom. The van der Waals surface area contributed by atoms with E-state index in [1.165, 1.54) is 18.2 Å². The van der Waals surface area contributed by atoms with Crippen LogP contribution in [0, 0.1) is 0 Å². The molecule has 0 aliphatic heterocycles. The number of rotatable bonds is 10. The number of nitrogens with zero attached hydrogens (tertiary/aromatic N) is 1. The normalized spacial score (nSPS) is 10.6. The molecule has 166 valence electrons. The maximum Gasteiger partial charge on any atom is 0.338 e. The Balaban J connectivity index is 1.97. The Morgan fingerprint density at radius 2 is 1.62 bits per heavy atom. The fourth-order valence-corrected chi connectivity index (χ4v) is 2.95. The molecule has 0 aliphatic rings. The van der Waals surface area contributed by atoms with E-state index in [0.29, 0.717) is 29.5 Å². The van der Waals surface area contributed by atoms with E-state index in [4.69, 9.17) is 9.47 Å². The summed E-state index contributed by atoms with van der Waals surface area (Å²) in [6, 6.07) is 18.5. The number of carboxylic acids is 2. The summed E-state index contributed by atoms with van der Waals surface area (Å²) in [4.78, 5) is 25.3. The SMILES string of the molecule is CN(C)CCOc1ccc(Nc2cccc(C(=O)O)c2C(=O)O)c(Oc2ccccc2)c1. The molecule has 0 radical (unpaired) electrons. The third-order valence-electron chi connectivity index (χ3n) is 4.51. The van der Waals surface area contributed by atoms with E-state index < -0.39 is 11.9 Å². The standard InChI is InChI=1S/C24H24N2O6/c1-26(2)13-14-31-17-11-12-19(21(15-17)32-16-7-4-3-5-8-16)25-20-10-6-9-18(23(27)28)22(20)24(29)30/h3-12,15,25H,13-14H2,1-2H3,(H,27,28)(H,29,30). The van der Waals surface area contributed by atoms with E-state index in [-0.39, 0.29) is 16.8 Å². The molecule has 0 bridgehead atoms. The van der Waals surface area contributed by atoms with Gasteiger partial charge in [-0.2, -0.15) is 0 Å². The number of carboxylic acid groups (broad SMARTS) is 2. The minimum atomic E-state index is -1.35. The Hall–Kier alpha value is -4.04. The first-order chi connectivity index (χ1) is 15.3. The molecule has 3 rings (SSSR count). The minimum absolute atomic E-state index is 0.136. The van der Waals surface area contributed by atoms with Gasteiger partial charge in [0.05, 0.1) is 22.5 Å². The van der Waals surface area contributed by atoms with Crippen molar-refractivity contribution in [3.05, 3.63) is 77.9 Å². The predicted octanol–water partition coefficient (Wildman–Crippen LogP) is 4.56. The molecule has 0 aromatic heterocycles. The fraction of sp³-hybridized carbons (Fsp3) is 0.167. The first-order valence-electron chi connectivity index (χ1n) is 9.86. The predicted molar refractivity (Wildman–Crippen MR) is 121 cm³/mol. The van der Waals surface area contributed by atoms with Crippen LogP contribution in [-0.2, 0) is 0 Å². The van der Waals surface area contributed by atoms with Crippen molar-refractivity contribution >= 4 is 23.3 Å². The number of nitrogens with one attached hydrogen (secondary N) is 1. The molecule has 32 heavy (non-hydrogen) atoms. The Morgan fingerprint density at radius 1 is 0.875 bits per heavy atom. The summed E-state index contributed by atoms with van der Waals surface area (Å²) < 4.78 is 11.8. The van der Waals surface area contributed by atoms with Crippen molar-refractivity contribution in [2.75, 3.05) is 32.6 Å². The maximum absolute atomic E-state index is 11.8. The lowest BCUT2D eigenvalue weighted by Crippen LogP contribution is -2.19. The molecule has 3 aromatic carbocycles. The van der Waals surface area contributed by atoms with Crippen LogP contribution in [0.3, 0.4) is 0 Å². The molecule has 0 aliphatic carbocycles. The van der Waals surface area contributed by atoms with Crippen molar-refractivity contribution in [2.45, 2.75) is 0 Å². The summed E-state index contributed by atoms with van der Waals surface area (Å²) in [6.45, 7) is 1.22. The first kappa shape index (κ1) is 22.6. The van der Waals surface area contributed by atoms with Gasteiger partial charge in [0.25, 0.3) is 0 Å². The zero-order valence-electron chi connectivity index (χ0n) is 17.7. The number of ether oxygens (including phenoxy) is 2. The lowest BCUT2D eigenvalue weighted by Gasteiger charge is -2.17. The summed E-state index contributed by atoms with van der Waals surface area (Å²) in [7, 11) is 3.90. The summed E-state index contributed by atoms with van der Waals surface area (Å²) in [5.74, 6) is -1.11. The van der Waals surface area contributed by atoms with Crippen molar-refractivity contribution < 1.29 is 29.3 Å². The first-order valence-corrected chi connectivity index (χ1v) is 9.86. The third kappa shape index (κ3) is 5.77. The van der Waals surface area contributed by atoms with Gasteiger partial charge in [-0.15, -0.1) is 0 Å². The second-order valence-electron chi connectivity index (χ2n) is 7.19. The smallest absolute Gasteiger partial charge is 0.338 e. The summed E-state index contributed by atoms with van der Waals surface area (Å²) >= 11 is 0. The van der Waals surface area contributed by atoms with Crippen LogP contribution in [0.1, 0.15) is 20.7 Å². The molecule has 3 aromatic rings. The average Bonchev–Trinajstić information content (AvgIpc) is 2.75. The quantitative estimate of drug-likeness (QED) is 0.425. The topological polar surface area (TPSA) is 108 Å². The van der Waals surface area contributed by atoms with Gasteiger partial charge in [-0.3, -0.25) is 0 Å². The van der Waals surface area contributed by atoms with E-state index in [1.807, 2.05) is 37.2 Å². The van der Waals surface area contributed by atoms with Crippen LogP contribution in [0.2, 0.25) is 0 Å². The van der Waals surface area contributed by atoms with Crippen LogP contribution in [0.15, 0.2) is 66.7 Å².